The van der Waals surface area contributed by atoms with Crippen molar-refractivity contribution in [3.05, 3.63) is 30.3 Å². The smallest absolute Gasteiger partial charge is 0.241 e. The molecule has 0 saturated carbocycles. The number of hydrogen-bond donors (Lipinski definition) is 0. The predicted octanol–water partition coefficient (Wildman–Crippen LogP) is 2.91. The highest BCUT2D eigenvalue weighted by Crippen LogP contribution is 2.18. The zero-order valence-electron chi connectivity index (χ0n) is 12.0. The molecule has 0 spiro atoms. The number of amides is 1. The van der Waals surface area contributed by atoms with E-state index in [1.54, 1.807) is 0 Å². The number of piperidine rings is 1. The summed E-state index contributed by atoms with van der Waals surface area (Å²) in [6.07, 6.45) is 3.72. The third kappa shape index (κ3) is 3.57. The van der Waals surface area contributed by atoms with Gasteiger partial charge in [-0.05, 0) is 45.4 Å². The largest absolute Gasteiger partial charge is 0.312 e. The van der Waals surface area contributed by atoms with Crippen LogP contribution in [0.25, 0.3) is 0 Å². The van der Waals surface area contributed by atoms with E-state index in [-0.39, 0.29) is 5.91 Å². The summed E-state index contributed by atoms with van der Waals surface area (Å²) < 4.78 is 0. The van der Waals surface area contributed by atoms with E-state index >= 15 is 0 Å². The van der Waals surface area contributed by atoms with Crippen molar-refractivity contribution in [1.82, 2.24) is 4.90 Å². The Morgan fingerprint density at radius 3 is 2.68 bits per heavy atom. The molecule has 0 aliphatic carbocycles. The van der Waals surface area contributed by atoms with E-state index in [4.69, 9.17) is 0 Å². The van der Waals surface area contributed by atoms with Gasteiger partial charge in [-0.3, -0.25) is 9.69 Å². The van der Waals surface area contributed by atoms with Crippen LogP contribution in [0.15, 0.2) is 30.3 Å². The highest BCUT2D eigenvalue weighted by Gasteiger charge is 2.23. The van der Waals surface area contributed by atoms with Crippen molar-refractivity contribution in [3.8, 4) is 0 Å². The molecule has 0 radical (unpaired) electrons. The lowest BCUT2D eigenvalue weighted by Crippen LogP contribution is -2.45. The fourth-order valence-electron chi connectivity index (χ4n) is 2.76. The van der Waals surface area contributed by atoms with Crippen molar-refractivity contribution in [2.45, 2.75) is 39.2 Å². The van der Waals surface area contributed by atoms with Crippen LogP contribution in [-0.2, 0) is 4.79 Å². The molecule has 1 aliphatic heterocycles. The van der Waals surface area contributed by atoms with E-state index in [2.05, 4.69) is 11.8 Å². The van der Waals surface area contributed by atoms with Crippen molar-refractivity contribution < 1.29 is 4.79 Å². The molecule has 1 unspecified atom stereocenters. The quantitative estimate of drug-likeness (QED) is 0.831. The lowest BCUT2D eigenvalue weighted by molar-refractivity contribution is -0.120. The summed E-state index contributed by atoms with van der Waals surface area (Å²) >= 11 is 0. The molecule has 1 aliphatic rings. The average Bonchev–Trinajstić information content (AvgIpc) is 2.43. The first-order chi connectivity index (χ1) is 9.22. The molecule has 1 aromatic carbocycles. The topological polar surface area (TPSA) is 23.6 Å². The van der Waals surface area contributed by atoms with Crippen molar-refractivity contribution in [1.29, 1.82) is 0 Å². The van der Waals surface area contributed by atoms with Gasteiger partial charge >= 0.3 is 0 Å². The Morgan fingerprint density at radius 2 is 2.05 bits per heavy atom. The van der Waals surface area contributed by atoms with Crippen molar-refractivity contribution >= 4 is 11.6 Å². The zero-order chi connectivity index (χ0) is 13.7. The fourth-order valence-corrected chi connectivity index (χ4v) is 2.76. The molecule has 3 heteroatoms. The predicted molar refractivity (Wildman–Crippen MR) is 79.4 cm³/mol. The van der Waals surface area contributed by atoms with Crippen LogP contribution < -0.4 is 4.90 Å². The Kier molecular flexibility index (Phi) is 4.97. The minimum atomic E-state index is 0.211. The first-order valence-electron chi connectivity index (χ1n) is 7.32. The maximum Gasteiger partial charge on any atom is 0.241 e. The zero-order valence-corrected chi connectivity index (χ0v) is 12.0. The van der Waals surface area contributed by atoms with E-state index in [0.717, 1.165) is 18.8 Å². The third-order valence-electron chi connectivity index (χ3n) is 3.96. The molecule has 1 heterocycles. The van der Waals surface area contributed by atoms with Gasteiger partial charge in [0.05, 0.1) is 6.54 Å². The minimum Gasteiger partial charge on any atom is -0.312 e. The van der Waals surface area contributed by atoms with Gasteiger partial charge in [-0.25, -0.2) is 0 Å². The number of carbonyl (C=O) groups excluding carboxylic acids is 1. The normalized spacial score (nSPS) is 20.2. The molecule has 3 nitrogen and oxygen atoms in total. The summed E-state index contributed by atoms with van der Waals surface area (Å²) in [6, 6.07) is 10.5. The maximum atomic E-state index is 12.5. The van der Waals surface area contributed by atoms with Gasteiger partial charge in [-0.2, -0.15) is 0 Å². The van der Waals surface area contributed by atoms with Crippen molar-refractivity contribution in [2.24, 2.45) is 0 Å². The van der Waals surface area contributed by atoms with Gasteiger partial charge in [0.15, 0.2) is 0 Å². The number of likely N-dealkylation sites (N-methyl/N-ethyl adjacent to an activating group) is 1. The lowest BCUT2D eigenvalue weighted by Gasteiger charge is -2.34. The van der Waals surface area contributed by atoms with Crippen LogP contribution in [0.5, 0.6) is 0 Å². The average molecular weight is 260 g/mol. The summed E-state index contributed by atoms with van der Waals surface area (Å²) in [6.45, 7) is 6.59. The number of para-hydroxylation sites is 1. The summed E-state index contributed by atoms with van der Waals surface area (Å²) in [5.74, 6) is 0.211. The monoisotopic (exact) mass is 260 g/mol. The second kappa shape index (κ2) is 6.71. The molecule has 0 aromatic heterocycles. The highest BCUT2D eigenvalue weighted by atomic mass is 16.2. The molecular weight excluding hydrogens is 236 g/mol. The molecule has 1 atom stereocenters. The SMILES string of the molecule is CCN(C(=O)CN1CCCCC1C)c1ccccc1. The molecule has 19 heavy (non-hydrogen) atoms. The number of carbonyl (C=O) groups is 1. The summed E-state index contributed by atoms with van der Waals surface area (Å²) in [5.41, 5.74) is 1.000. The summed E-state index contributed by atoms with van der Waals surface area (Å²) in [5, 5.41) is 0. The van der Waals surface area contributed by atoms with Gasteiger partial charge in [0.1, 0.15) is 0 Å². The van der Waals surface area contributed by atoms with Crippen LogP contribution in [0.1, 0.15) is 33.1 Å². The van der Waals surface area contributed by atoms with E-state index in [1.165, 1.54) is 19.3 Å². The van der Waals surface area contributed by atoms with Gasteiger partial charge in [-0.1, -0.05) is 24.6 Å². The van der Waals surface area contributed by atoms with E-state index in [0.29, 0.717) is 12.6 Å². The Hall–Kier alpha value is -1.35. The molecule has 0 N–H and O–H groups in total. The van der Waals surface area contributed by atoms with Crippen LogP contribution in [0.3, 0.4) is 0 Å². The lowest BCUT2D eigenvalue weighted by atomic mass is 10.0. The van der Waals surface area contributed by atoms with Crippen LogP contribution in [0.2, 0.25) is 0 Å². The van der Waals surface area contributed by atoms with E-state index in [1.807, 2.05) is 42.2 Å². The van der Waals surface area contributed by atoms with Crippen molar-refractivity contribution in [2.75, 3.05) is 24.5 Å². The Labute approximate surface area is 116 Å². The standard InChI is InChI=1S/C16H24N2O/c1-3-18(15-10-5-4-6-11-15)16(19)13-17-12-8-7-9-14(17)2/h4-6,10-11,14H,3,7-9,12-13H2,1-2H3. The first-order valence-corrected chi connectivity index (χ1v) is 7.32. The number of rotatable bonds is 4. The van der Waals surface area contributed by atoms with Gasteiger partial charge in [0.25, 0.3) is 0 Å². The van der Waals surface area contributed by atoms with Crippen molar-refractivity contribution in [3.63, 3.8) is 0 Å². The minimum absolute atomic E-state index is 0.211. The Morgan fingerprint density at radius 1 is 1.32 bits per heavy atom. The Bertz CT molecular complexity index is 404. The van der Waals surface area contributed by atoms with Gasteiger partial charge < -0.3 is 4.90 Å². The molecule has 2 rings (SSSR count). The van der Waals surface area contributed by atoms with Crippen LogP contribution in [0.4, 0.5) is 5.69 Å². The highest BCUT2D eigenvalue weighted by molar-refractivity contribution is 5.94. The Balaban J connectivity index is 2.01. The molecule has 0 bridgehead atoms. The van der Waals surface area contributed by atoms with Gasteiger partial charge in [0, 0.05) is 18.3 Å². The second-order valence-electron chi connectivity index (χ2n) is 5.29. The van der Waals surface area contributed by atoms with E-state index < -0.39 is 0 Å². The second-order valence-corrected chi connectivity index (χ2v) is 5.29. The van der Waals surface area contributed by atoms with Gasteiger partial charge in [0.2, 0.25) is 5.91 Å². The number of likely N-dealkylation sites (tertiary alicyclic amines) is 1. The van der Waals surface area contributed by atoms with Crippen LogP contribution in [-0.4, -0.2) is 36.5 Å². The van der Waals surface area contributed by atoms with Crippen LogP contribution in [0, 0.1) is 0 Å². The molecule has 1 saturated heterocycles. The third-order valence-corrected chi connectivity index (χ3v) is 3.96. The fraction of sp³-hybridized carbons (Fsp3) is 0.562. The summed E-state index contributed by atoms with van der Waals surface area (Å²) in [4.78, 5) is 16.7. The maximum absolute atomic E-state index is 12.5. The van der Waals surface area contributed by atoms with Crippen LogP contribution >= 0.6 is 0 Å². The molecular formula is C16H24N2O. The number of nitrogens with zero attached hydrogens (tertiary/aromatic N) is 2. The van der Waals surface area contributed by atoms with Gasteiger partial charge in [-0.15, -0.1) is 0 Å². The number of anilines is 1. The van der Waals surface area contributed by atoms with E-state index in [9.17, 15) is 4.79 Å². The number of benzene rings is 1. The summed E-state index contributed by atoms with van der Waals surface area (Å²) in [7, 11) is 0. The number of hydrogen-bond acceptors (Lipinski definition) is 2. The molecule has 1 aromatic rings. The molecule has 1 fully saturated rings. The first kappa shape index (κ1) is 14.1. The molecule has 104 valence electrons. The molecule has 1 amide bonds.